The van der Waals surface area contributed by atoms with Gasteiger partial charge < -0.3 is 14.5 Å². The zero-order chi connectivity index (χ0) is 16.6. The van der Waals surface area contributed by atoms with Crippen molar-refractivity contribution in [3.05, 3.63) is 39.2 Å². The van der Waals surface area contributed by atoms with E-state index in [-0.39, 0.29) is 24.0 Å². The Kier molecular flexibility index (Phi) is 4.15. The average Bonchev–Trinajstić information content (AvgIpc) is 3.31. The second-order valence-electron chi connectivity index (χ2n) is 6.24. The molecule has 2 aliphatic rings. The fraction of sp³-hybridized carbons (Fsp3) is 0.412. The Morgan fingerprint density at radius 1 is 1.12 bits per heavy atom. The summed E-state index contributed by atoms with van der Waals surface area (Å²) in [7, 11) is 0. The SMILES string of the molecule is O=C(c1ccsc1)N1CCC2(CC1)CN(c1ccsc1)C(=O)CO2. The number of hydrogen-bond donors (Lipinski definition) is 0. The van der Waals surface area contributed by atoms with Gasteiger partial charge in [-0.25, -0.2) is 0 Å². The molecule has 0 aromatic carbocycles. The lowest BCUT2D eigenvalue weighted by Crippen LogP contribution is -2.59. The zero-order valence-electron chi connectivity index (χ0n) is 13.1. The molecule has 0 aliphatic carbocycles. The van der Waals surface area contributed by atoms with Crippen molar-refractivity contribution < 1.29 is 14.3 Å². The van der Waals surface area contributed by atoms with Crippen LogP contribution in [-0.2, 0) is 9.53 Å². The van der Waals surface area contributed by atoms with Crippen molar-refractivity contribution in [2.75, 3.05) is 31.1 Å². The molecule has 2 fully saturated rings. The van der Waals surface area contributed by atoms with Crippen molar-refractivity contribution >= 4 is 40.2 Å². The molecule has 2 saturated heterocycles. The van der Waals surface area contributed by atoms with Crippen LogP contribution in [0.4, 0.5) is 5.69 Å². The quantitative estimate of drug-likeness (QED) is 0.825. The Hall–Kier alpha value is -1.70. The van der Waals surface area contributed by atoms with Gasteiger partial charge in [0.15, 0.2) is 0 Å². The average molecular weight is 362 g/mol. The number of morpholine rings is 1. The first-order valence-corrected chi connectivity index (χ1v) is 9.83. The van der Waals surface area contributed by atoms with Crippen LogP contribution >= 0.6 is 22.7 Å². The van der Waals surface area contributed by atoms with Gasteiger partial charge in [-0.3, -0.25) is 9.59 Å². The molecule has 0 saturated carbocycles. The summed E-state index contributed by atoms with van der Waals surface area (Å²) in [4.78, 5) is 28.4. The topological polar surface area (TPSA) is 49.9 Å². The number of amides is 2. The van der Waals surface area contributed by atoms with Crippen LogP contribution in [0.15, 0.2) is 33.7 Å². The molecular formula is C17H18N2O3S2. The Morgan fingerprint density at radius 3 is 2.54 bits per heavy atom. The van der Waals surface area contributed by atoms with Gasteiger partial charge in [0.2, 0.25) is 0 Å². The number of carbonyl (C=O) groups excluding carboxylic acids is 2. The molecule has 126 valence electrons. The van der Waals surface area contributed by atoms with E-state index in [0.29, 0.717) is 19.6 Å². The maximum Gasteiger partial charge on any atom is 0.254 e. The van der Waals surface area contributed by atoms with Gasteiger partial charge in [-0.15, -0.1) is 0 Å². The van der Waals surface area contributed by atoms with E-state index in [9.17, 15) is 9.59 Å². The molecule has 2 amide bonds. The molecule has 2 aromatic heterocycles. The van der Waals surface area contributed by atoms with E-state index in [2.05, 4.69) is 0 Å². The largest absolute Gasteiger partial charge is 0.363 e. The highest BCUT2D eigenvalue weighted by Gasteiger charge is 2.43. The van der Waals surface area contributed by atoms with Crippen molar-refractivity contribution in [1.29, 1.82) is 0 Å². The monoisotopic (exact) mass is 362 g/mol. The number of piperidine rings is 1. The van der Waals surface area contributed by atoms with Crippen LogP contribution in [0.1, 0.15) is 23.2 Å². The van der Waals surface area contributed by atoms with Gasteiger partial charge in [0.1, 0.15) is 6.61 Å². The van der Waals surface area contributed by atoms with Crippen LogP contribution in [0.2, 0.25) is 0 Å². The fourth-order valence-corrected chi connectivity index (χ4v) is 4.62. The third-order valence-electron chi connectivity index (χ3n) is 4.80. The first kappa shape index (κ1) is 15.8. The van der Waals surface area contributed by atoms with Crippen LogP contribution in [0.25, 0.3) is 0 Å². The number of likely N-dealkylation sites (tertiary alicyclic amines) is 1. The van der Waals surface area contributed by atoms with Crippen molar-refractivity contribution in [2.45, 2.75) is 18.4 Å². The van der Waals surface area contributed by atoms with Gasteiger partial charge in [0.05, 0.1) is 23.4 Å². The molecule has 0 bridgehead atoms. The van der Waals surface area contributed by atoms with E-state index < -0.39 is 0 Å². The molecular weight excluding hydrogens is 344 g/mol. The number of nitrogens with zero attached hydrogens (tertiary/aromatic N) is 2. The molecule has 5 nitrogen and oxygen atoms in total. The molecule has 0 radical (unpaired) electrons. The van der Waals surface area contributed by atoms with E-state index in [1.807, 2.05) is 43.5 Å². The Balaban J connectivity index is 1.44. The van der Waals surface area contributed by atoms with Crippen LogP contribution in [0, 0.1) is 0 Å². The van der Waals surface area contributed by atoms with Crippen molar-refractivity contribution in [3.63, 3.8) is 0 Å². The summed E-state index contributed by atoms with van der Waals surface area (Å²) in [5.41, 5.74) is 1.38. The molecule has 4 rings (SSSR count). The standard InChI is InChI=1S/C17H18N2O3S2/c20-15-9-22-17(12-19(15)14-2-8-24-11-14)3-5-18(6-4-17)16(21)13-1-7-23-10-13/h1-2,7-8,10-11H,3-6,9,12H2. The molecule has 0 atom stereocenters. The van der Waals surface area contributed by atoms with Gasteiger partial charge in [0.25, 0.3) is 11.8 Å². The second-order valence-corrected chi connectivity index (χ2v) is 7.80. The molecule has 4 heterocycles. The number of thiophene rings is 2. The van der Waals surface area contributed by atoms with E-state index >= 15 is 0 Å². The second kappa shape index (κ2) is 6.31. The van der Waals surface area contributed by atoms with Crippen LogP contribution in [0.3, 0.4) is 0 Å². The summed E-state index contributed by atoms with van der Waals surface area (Å²) >= 11 is 3.12. The van der Waals surface area contributed by atoms with Crippen molar-refractivity contribution in [2.24, 2.45) is 0 Å². The van der Waals surface area contributed by atoms with Crippen LogP contribution < -0.4 is 4.90 Å². The molecule has 24 heavy (non-hydrogen) atoms. The summed E-state index contributed by atoms with van der Waals surface area (Å²) in [5, 5.41) is 7.78. The molecule has 2 aromatic rings. The van der Waals surface area contributed by atoms with Gasteiger partial charge in [-0.05, 0) is 35.7 Å². The zero-order valence-corrected chi connectivity index (χ0v) is 14.8. The molecule has 0 unspecified atom stereocenters. The Labute approximate surface area is 148 Å². The van der Waals surface area contributed by atoms with Gasteiger partial charge in [-0.1, -0.05) is 0 Å². The van der Waals surface area contributed by atoms with E-state index in [4.69, 9.17) is 4.74 Å². The maximum atomic E-state index is 12.5. The van der Waals surface area contributed by atoms with Crippen LogP contribution in [-0.4, -0.2) is 48.6 Å². The molecule has 1 spiro atoms. The number of rotatable bonds is 2. The highest BCUT2D eigenvalue weighted by molar-refractivity contribution is 7.08. The summed E-state index contributed by atoms with van der Waals surface area (Å²) < 4.78 is 5.94. The number of anilines is 1. The predicted molar refractivity (Wildman–Crippen MR) is 94.8 cm³/mol. The first-order valence-electron chi connectivity index (χ1n) is 7.95. The third-order valence-corrected chi connectivity index (χ3v) is 6.15. The Morgan fingerprint density at radius 2 is 1.88 bits per heavy atom. The summed E-state index contributed by atoms with van der Waals surface area (Å²) in [6.07, 6.45) is 1.52. The third kappa shape index (κ3) is 2.87. The van der Waals surface area contributed by atoms with E-state index in [1.54, 1.807) is 11.3 Å². The normalized spacial score (nSPS) is 20.6. The first-order chi connectivity index (χ1) is 11.7. The van der Waals surface area contributed by atoms with Gasteiger partial charge >= 0.3 is 0 Å². The van der Waals surface area contributed by atoms with Gasteiger partial charge in [-0.2, -0.15) is 22.7 Å². The minimum atomic E-state index is -0.332. The lowest BCUT2D eigenvalue weighted by molar-refractivity contribution is -0.143. The highest BCUT2D eigenvalue weighted by atomic mass is 32.1. The van der Waals surface area contributed by atoms with Gasteiger partial charge in [0, 0.05) is 23.8 Å². The molecule has 7 heteroatoms. The van der Waals surface area contributed by atoms with Crippen molar-refractivity contribution in [3.8, 4) is 0 Å². The molecule has 0 N–H and O–H groups in total. The smallest absolute Gasteiger partial charge is 0.254 e. The Bertz CT molecular complexity index is 719. The van der Waals surface area contributed by atoms with E-state index in [0.717, 1.165) is 24.1 Å². The lowest BCUT2D eigenvalue weighted by atomic mass is 9.89. The predicted octanol–water partition coefficient (Wildman–Crippen LogP) is 2.85. The fourth-order valence-electron chi connectivity index (χ4n) is 3.35. The maximum absolute atomic E-state index is 12.5. The highest BCUT2D eigenvalue weighted by Crippen LogP contribution is 2.33. The number of carbonyl (C=O) groups is 2. The minimum Gasteiger partial charge on any atom is -0.363 e. The number of ether oxygens (including phenoxy) is 1. The van der Waals surface area contributed by atoms with Crippen molar-refractivity contribution in [1.82, 2.24) is 4.90 Å². The minimum absolute atomic E-state index is 0.0100. The summed E-state index contributed by atoms with van der Waals surface area (Å²) in [5.74, 6) is 0.100. The summed E-state index contributed by atoms with van der Waals surface area (Å²) in [6, 6.07) is 3.84. The van der Waals surface area contributed by atoms with Crippen LogP contribution in [0.5, 0.6) is 0 Å². The van der Waals surface area contributed by atoms with E-state index in [1.165, 1.54) is 11.3 Å². The molecule has 2 aliphatic heterocycles. The number of hydrogen-bond acceptors (Lipinski definition) is 5. The summed E-state index contributed by atoms with van der Waals surface area (Å²) in [6.45, 7) is 2.03. The lowest BCUT2D eigenvalue weighted by Gasteiger charge is -2.46.